The number of quaternary nitrogens is 1. The lowest BCUT2D eigenvalue weighted by molar-refractivity contribution is -0.892. The van der Waals surface area contributed by atoms with Crippen molar-refractivity contribution in [2.45, 2.75) is 26.2 Å². The van der Waals surface area contributed by atoms with Crippen molar-refractivity contribution in [1.82, 2.24) is 0 Å². The van der Waals surface area contributed by atoms with E-state index >= 15 is 0 Å². The van der Waals surface area contributed by atoms with Gasteiger partial charge in [-0.05, 0) is 56.0 Å². The van der Waals surface area contributed by atoms with Gasteiger partial charge in [0, 0.05) is 16.1 Å². The Hall–Kier alpha value is -2.69. The maximum absolute atomic E-state index is 12.5. The van der Waals surface area contributed by atoms with Crippen molar-refractivity contribution >= 4 is 33.7 Å². The standard InChI is InChI=1S/C22H24N4O2S/c1-15(27)16-5-7-17(8-6-16)26-11-9-25(10-12-26)14-21(28)24-22-19(13-23)18-3-2-4-20(18)29-22/h5-8H,2-4,9-12,14H2,1H3,(H,24,28)/p+1. The minimum atomic E-state index is -0.0179. The molecule has 0 atom stereocenters. The van der Waals surface area contributed by atoms with E-state index in [2.05, 4.69) is 16.3 Å². The highest BCUT2D eigenvalue weighted by Gasteiger charge is 2.26. The summed E-state index contributed by atoms with van der Waals surface area (Å²) in [7, 11) is 0. The topological polar surface area (TPSA) is 77.6 Å². The maximum atomic E-state index is 12.5. The van der Waals surface area contributed by atoms with Crippen molar-refractivity contribution in [1.29, 1.82) is 5.26 Å². The number of nitrogens with zero attached hydrogens (tertiary/aromatic N) is 2. The van der Waals surface area contributed by atoms with Gasteiger partial charge in [-0.15, -0.1) is 11.3 Å². The second-order valence-corrected chi connectivity index (χ2v) is 8.84. The van der Waals surface area contributed by atoms with Gasteiger partial charge in [-0.25, -0.2) is 0 Å². The number of hydrogen-bond acceptors (Lipinski definition) is 5. The zero-order valence-electron chi connectivity index (χ0n) is 16.6. The highest BCUT2D eigenvalue weighted by Crippen LogP contribution is 2.38. The molecule has 2 aromatic rings. The number of carbonyl (C=O) groups is 2. The van der Waals surface area contributed by atoms with Gasteiger partial charge in [0.25, 0.3) is 5.91 Å². The molecule has 2 heterocycles. The molecule has 0 saturated carbocycles. The van der Waals surface area contributed by atoms with Crippen LogP contribution in [0.1, 0.15) is 39.7 Å². The highest BCUT2D eigenvalue weighted by atomic mass is 32.1. The number of ketones is 1. The first-order chi connectivity index (χ1) is 14.0. The monoisotopic (exact) mass is 409 g/mol. The highest BCUT2D eigenvalue weighted by molar-refractivity contribution is 7.16. The molecule has 1 amide bonds. The molecule has 2 N–H and O–H groups in total. The average Bonchev–Trinajstić information content (AvgIpc) is 3.29. The van der Waals surface area contributed by atoms with Gasteiger partial charge < -0.3 is 15.1 Å². The quantitative estimate of drug-likeness (QED) is 0.737. The number of amides is 1. The Morgan fingerprint density at radius 2 is 1.93 bits per heavy atom. The molecule has 4 rings (SSSR count). The van der Waals surface area contributed by atoms with Crippen LogP contribution in [0, 0.1) is 11.3 Å². The van der Waals surface area contributed by atoms with Gasteiger partial charge in [0.1, 0.15) is 11.1 Å². The van der Waals surface area contributed by atoms with E-state index in [4.69, 9.17) is 0 Å². The van der Waals surface area contributed by atoms with Crippen LogP contribution in [0.5, 0.6) is 0 Å². The van der Waals surface area contributed by atoms with Crippen LogP contribution in [0.2, 0.25) is 0 Å². The number of nitrogens with one attached hydrogen (secondary N) is 2. The van der Waals surface area contributed by atoms with Crippen molar-refractivity contribution < 1.29 is 14.5 Å². The molecule has 1 fully saturated rings. The smallest absolute Gasteiger partial charge is 0.280 e. The zero-order chi connectivity index (χ0) is 20.4. The molecule has 0 radical (unpaired) electrons. The minimum Gasteiger partial charge on any atom is -0.360 e. The normalized spacial score (nSPS) is 16.3. The number of anilines is 2. The third kappa shape index (κ3) is 4.19. The largest absolute Gasteiger partial charge is 0.360 e. The van der Waals surface area contributed by atoms with Gasteiger partial charge in [-0.3, -0.25) is 9.59 Å². The van der Waals surface area contributed by atoms with Crippen LogP contribution in [0.25, 0.3) is 0 Å². The van der Waals surface area contributed by atoms with E-state index in [1.807, 2.05) is 24.3 Å². The first-order valence-corrected chi connectivity index (χ1v) is 10.9. The van der Waals surface area contributed by atoms with Crippen LogP contribution < -0.4 is 15.1 Å². The van der Waals surface area contributed by atoms with Crippen molar-refractivity contribution in [3.63, 3.8) is 0 Å². The maximum Gasteiger partial charge on any atom is 0.280 e. The molecule has 1 aliphatic carbocycles. The Balaban J connectivity index is 1.30. The lowest BCUT2D eigenvalue weighted by atomic mass is 10.1. The molecular formula is C22H25N4O2S+. The van der Waals surface area contributed by atoms with Gasteiger partial charge in [0.2, 0.25) is 0 Å². The summed E-state index contributed by atoms with van der Waals surface area (Å²) in [5.74, 6) is 0.0584. The van der Waals surface area contributed by atoms with Crippen LogP contribution >= 0.6 is 11.3 Å². The lowest BCUT2D eigenvalue weighted by Gasteiger charge is -2.33. The van der Waals surface area contributed by atoms with E-state index in [1.165, 1.54) is 9.78 Å². The van der Waals surface area contributed by atoms with E-state index in [0.29, 0.717) is 12.1 Å². The summed E-state index contributed by atoms with van der Waals surface area (Å²) < 4.78 is 0. The Labute approximate surface area is 174 Å². The van der Waals surface area contributed by atoms with E-state index < -0.39 is 0 Å². The van der Waals surface area contributed by atoms with Crippen molar-refractivity contribution in [3.05, 3.63) is 45.8 Å². The molecule has 7 heteroatoms. The first kappa shape index (κ1) is 19.6. The van der Waals surface area contributed by atoms with Gasteiger partial charge >= 0.3 is 0 Å². The number of piperazine rings is 1. The summed E-state index contributed by atoms with van der Waals surface area (Å²) in [6.07, 6.45) is 3.08. The summed E-state index contributed by atoms with van der Waals surface area (Å²) in [4.78, 5) is 28.8. The molecule has 0 bridgehead atoms. The zero-order valence-corrected chi connectivity index (χ0v) is 17.4. The molecule has 0 spiro atoms. The fraction of sp³-hybridized carbons (Fsp3) is 0.409. The average molecular weight is 410 g/mol. The van der Waals surface area contributed by atoms with E-state index in [0.717, 1.165) is 67.3 Å². The number of thiophene rings is 1. The van der Waals surface area contributed by atoms with Crippen LogP contribution in [-0.2, 0) is 17.6 Å². The van der Waals surface area contributed by atoms with Crippen molar-refractivity contribution in [2.24, 2.45) is 0 Å². The number of rotatable bonds is 5. The Bertz CT molecular complexity index is 966. The molecule has 1 aliphatic heterocycles. The molecule has 29 heavy (non-hydrogen) atoms. The summed E-state index contributed by atoms with van der Waals surface area (Å²) in [5, 5.41) is 13.2. The summed E-state index contributed by atoms with van der Waals surface area (Å²) in [6, 6.07) is 10.0. The number of carbonyl (C=O) groups excluding carboxylic acids is 2. The van der Waals surface area contributed by atoms with Crippen LogP contribution in [0.4, 0.5) is 10.7 Å². The predicted octanol–water partition coefficient (Wildman–Crippen LogP) is 1.65. The molecular weight excluding hydrogens is 384 g/mol. The second kappa shape index (κ2) is 8.36. The molecule has 1 saturated heterocycles. The first-order valence-electron chi connectivity index (χ1n) is 10.1. The van der Waals surface area contributed by atoms with Gasteiger partial charge in [-0.2, -0.15) is 5.26 Å². The van der Waals surface area contributed by atoms with Crippen molar-refractivity contribution in [2.75, 3.05) is 42.9 Å². The van der Waals surface area contributed by atoms with E-state index in [1.54, 1.807) is 18.3 Å². The van der Waals surface area contributed by atoms with Gasteiger partial charge in [0.15, 0.2) is 12.3 Å². The SMILES string of the molecule is CC(=O)c1ccc(N2CC[NH+](CC(=O)Nc3sc4c(c3C#N)CCC4)CC2)cc1. The van der Waals surface area contributed by atoms with E-state index in [-0.39, 0.29) is 11.7 Å². The second-order valence-electron chi connectivity index (χ2n) is 7.74. The number of hydrogen-bond donors (Lipinski definition) is 2. The lowest BCUT2D eigenvalue weighted by Crippen LogP contribution is -3.15. The molecule has 1 aromatic heterocycles. The summed E-state index contributed by atoms with van der Waals surface area (Å²) in [6.45, 7) is 5.51. The fourth-order valence-electron chi connectivity index (χ4n) is 4.17. The van der Waals surface area contributed by atoms with Crippen molar-refractivity contribution in [3.8, 4) is 6.07 Å². The number of nitriles is 1. The Kier molecular flexibility index (Phi) is 5.65. The Morgan fingerprint density at radius 3 is 2.59 bits per heavy atom. The predicted molar refractivity (Wildman–Crippen MR) is 114 cm³/mol. The minimum absolute atomic E-state index is 0.0179. The van der Waals surface area contributed by atoms with Gasteiger partial charge in [0.05, 0.1) is 31.7 Å². The third-order valence-corrected chi connectivity index (χ3v) is 7.01. The van der Waals surface area contributed by atoms with Crippen LogP contribution in [0.3, 0.4) is 0 Å². The van der Waals surface area contributed by atoms with Crippen LogP contribution in [-0.4, -0.2) is 44.4 Å². The fourth-order valence-corrected chi connectivity index (χ4v) is 5.43. The molecule has 6 nitrogen and oxygen atoms in total. The summed E-state index contributed by atoms with van der Waals surface area (Å²) in [5.41, 5.74) is 3.66. The van der Waals surface area contributed by atoms with E-state index in [9.17, 15) is 14.9 Å². The Morgan fingerprint density at radius 1 is 1.21 bits per heavy atom. The number of Topliss-reactive ketones (excluding diaryl/α,β-unsaturated/α-hetero) is 1. The summed E-state index contributed by atoms with van der Waals surface area (Å²) >= 11 is 1.57. The number of fused-ring (bicyclic) bond motifs is 1. The molecule has 0 unspecified atom stereocenters. The molecule has 150 valence electrons. The number of benzene rings is 1. The number of aryl methyl sites for hydroxylation is 1. The van der Waals surface area contributed by atoms with Crippen LogP contribution in [0.15, 0.2) is 24.3 Å². The molecule has 1 aromatic carbocycles. The third-order valence-electron chi connectivity index (χ3n) is 5.81. The molecule has 2 aliphatic rings. The van der Waals surface area contributed by atoms with Gasteiger partial charge in [-0.1, -0.05) is 0 Å².